The highest BCUT2D eigenvalue weighted by Gasteiger charge is 2.08. The molecule has 1 saturated heterocycles. The number of hydrogen-bond acceptors (Lipinski definition) is 4. The first-order chi connectivity index (χ1) is 6.45. The fraction of sp³-hybridized carbons (Fsp3) is 0.750. The molecule has 5 nitrogen and oxygen atoms in total. The molecule has 0 saturated carbocycles. The van der Waals surface area contributed by atoms with Gasteiger partial charge in [0.15, 0.2) is 0 Å². The van der Waals surface area contributed by atoms with Crippen LogP contribution in [-0.4, -0.2) is 52.6 Å². The summed E-state index contributed by atoms with van der Waals surface area (Å²) in [5.41, 5.74) is 0. The van der Waals surface area contributed by atoms with E-state index in [1.165, 1.54) is 0 Å². The van der Waals surface area contributed by atoms with Crippen LogP contribution in [-0.2, 0) is 6.54 Å². The smallest absolute Gasteiger partial charge is 0.0692 e. The fourth-order valence-electron chi connectivity index (χ4n) is 1.53. The molecule has 1 aromatic rings. The van der Waals surface area contributed by atoms with Gasteiger partial charge in [0, 0.05) is 38.9 Å². The Hall–Kier alpha value is -0.940. The molecule has 5 heteroatoms. The largest absolute Gasteiger partial charge is 0.314 e. The van der Waals surface area contributed by atoms with E-state index in [1.807, 2.05) is 10.9 Å². The van der Waals surface area contributed by atoms with Crippen molar-refractivity contribution in [1.82, 2.24) is 25.2 Å². The fourth-order valence-corrected chi connectivity index (χ4v) is 1.53. The molecule has 0 spiro atoms. The molecule has 1 aromatic heterocycles. The molecule has 1 fully saturated rings. The third-order valence-corrected chi connectivity index (χ3v) is 2.33. The van der Waals surface area contributed by atoms with Crippen LogP contribution in [0.4, 0.5) is 0 Å². The molecule has 1 aliphatic heterocycles. The van der Waals surface area contributed by atoms with Crippen LogP contribution in [0.5, 0.6) is 0 Å². The highest BCUT2D eigenvalue weighted by Crippen LogP contribution is 1.92. The Labute approximate surface area is 77.7 Å². The van der Waals surface area contributed by atoms with E-state index >= 15 is 0 Å². The number of piperazine rings is 1. The standard InChI is InChI=1S/C8H15N5/c1-4-12(5-2-9-1)7-8-13-6-3-10-11-13/h3,6,9H,1-2,4-5,7-8H2. The lowest BCUT2D eigenvalue weighted by Crippen LogP contribution is -2.44. The Morgan fingerprint density at radius 1 is 1.23 bits per heavy atom. The lowest BCUT2D eigenvalue weighted by atomic mass is 10.3. The van der Waals surface area contributed by atoms with Crippen molar-refractivity contribution < 1.29 is 0 Å². The lowest BCUT2D eigenvalue weighted by Gasteiger charge is -2.26. The molecule has 1 N–H and O–H groups in total. The zero-order valence-corrected chi connectivity index (χ0v) is 7.69. The molecular formula is C8H15N5. The van der Waals surface area contributed by atoms with Gasteiger partial charge in [-0.15, -0.1) is 5.10 Å². The molecule has 0 amide bonds. The zero-order valence-electron chi connectivity index (χ0n) is 7.69. The van der Waals surface area contributed by atoms with Crippen LogP contribution in [0.15, 0.2) is 12.4 Å². The first kappa shape index (κ1) is 8.65. The molecule has 13 heavy (non-hydrogen) atoms. The highest BCUT2D eigenvalue weighted by molar-refractivity contribution is 4.69. The van der Waals surface area contributed by atoms with Gasteiger partial charge in [-0.1, -0.05) is 5.21 Å². The Balaban J connectivity index is 1.72. The van der Waals surface area contributed by atoms with Crippen LogP contribution >= 0.6 is 0 Å². The zero-order chi connectivity index (χ0) is 8.93. The summed E-state index contributed by atoms with van der Waals surface area (Å²) in [6.45, 7) is 6.53. The van der Waals surface area contributed by atoms with E-state index in [9.17, 15) is 0 Å². The summed E-state index contributed by atoms with van der Waals surface area (Å²) >= 11 is 0. The minimum Gasteiger partial charge on any atom is -0.314 e. The van der Waals surface area contributed by atoms with Gasteiger partial charge in [0.25, 0.3) is 0 Å². The normalized spacial score (nSPS) is 19.1. The molecule has 0 bridgehead atoms. The van der Waals surface area contributed by atoms with E-state index in [2.05, 4.69) is 20.5 Å². The Bertz CT molecular complexity index is 227. The van der Waals surface area contributed by atoms with E-state index < -0.39 is 0 Å². The Morgan fingerprint density at radius 3 is 2.77 bits per heavy atom. The van der Waals surface area contributed by atoms with Crippen molar-refractivity contribution in [2.75, 3.05) is 32.7 Å². The summed E-state index contributed by atoms with van der Waals surface area (Å²) in [5, 5.41) is 11.0. The van der Waals surface area contributed by atoms with Gasteiger partial charge in [0.05, 0.1) is 12.7 Å². The van der Waals surface area contributed by atoms with Crippen molar-refractivity contribution in [1.29, 1.82) is 0 Å². The van der Waals surface area contributed by atoms with Crippen molar-refractivity contribution in [3.8, 4) is 0 Å². The quantitative estimate of drug-likeness (QED) is 0.662. The van der Waals surface area contributed by atoms with Crippen molar-refractivity contribution in [2.45, 2.75) is 6.54 Å². The van der Waals surface area contributed by atoms with E-state index in [4.69, 9.17) is 0 Å². The molecule has 2 heterocycles. The van der Waals surface area contributed by atoms with Gasteiger partial charge in [-0.2, -0.15) is 0 Å². The van der Waals surface area contributed by atoms with Gasteiger partial charge in [0.2, 0.25) is 0 Å². The van der Waals surface area contributed by atoms with Gasteiger partial charge < -0.3 is 5.32 Å². The van der Waals surface area contributed by atoms with E-state index in [-0.39, 0.29) is 0 Å². The number of aromatic nitrogens is 3. The molecule has 0 aliphatic carbocycles. The molecular weight excluding hydrogens is 166 g/mol. The van der Waals surface area contributed by atoms with E-state index in [1.54, 1.807) is 6.20 Å². The maximum absolute atomic E-state index is 3.93. The predicted octanol–water partition coefficient (Wildman–Crippen LogP) is -0.817. The third kappa shape index (κ3) is 2.50. The maximum Gasteiger partial charge on any atom is 0.0692 e. The van der Waals surface area contributed by atoms with Crippen LogP contribution in [0.3, 0.4) is 0 Å². The summed E-state index contributed by atoms with van der Waals surface area (Å²) in [6.07, 6.45) is 3.62. The third-order valence-electron chi connectivity index (χ3n) is 2.33. The highest BCUT2D eigenvalue weighted by atomic mass is 15.4. The van der Waals surface area contributed by atoms with Gasteiger partial charge in [-0.25, -0.2) is 0 Å². The summed E-state index contributed by atoms with van der Waals surface area (Å²) < 4.78 is 1.88. The second kappa shape index (κ2) is 4.34. The summed E-state index contributed by atoms with van der Waals surface area (Å²) in [4.78, 5) is 2.44. The first-order valence-corrected chi connectivity index (χ1v) is 4.72. The molecule has 1 aliphatic rings. The summed E-state index contributed by atoms with van der Waals surface area (Å²) in [5.74, 6) is 0. The molecule has 0 unspecified atom stereocenters. The van der Waals surface area contributed by atoms with Crippen LogP contribution < -0.4 is 5.32 Å². The Morgan fingerprint density at radius 2 is 2.08 bits per heavy atom. The minimum absolute atomic E-state index is 0.944. The molecule has 72 valence electrons. The Kier molecular flexibility index (Phi) is 2.89. The second-order valence-electron chi connectivity index (χ2n) is 3.26. The van der Waals surface area contributed by atoms with Crippen molar-refractivity contribution in [3.05, 3.63) is 12.4 Å². The SMILES string of the molecule is c1cn(CCN2CCNCC2)nn1. The average Bonchev–Trinajstić information content (AvgIpc) is 2.69. The average molecular weight is 181 g/mol. The van der Waals surface area contributed by atoms with Gasteiger partial charge in [-0.3, -0.25) is 9.58 Å². The van der Waals surface area contributed by atoms with Gasteiger partial charge in [-0.05, 0) is 0 Å². The molecule has 2 rings (SSSR count). The topological polar surface area (TPSA) is 46.0 Å². The molecule has 0 atom stereocenters. The predicted molar refractivity (Wildman–Crippen MR) is 49.3 cm³/mol. The summed E-state index contributed by atoms with van der Waals surface area (Å²) in [6, 6.07) is 0. The number of nitrogens with one attached hydrogen (secondary N) is 1. The van der Waals surface area contributed by atoms with Gasteiger partial charge in [0.1, 0.15) is 0 Å². The van der Waals surface area contributed by atoms with Crippen LogP contribution in [0.25, 0.3) is 0 Å². The minimum atomic E-state index is 0.944. The van der Waals surface area contributed by atoms with Crippen LogP contribution in [0.1, 0.15) is 0 Å². The van der Waals surface area contributed by atoms with Gasteiger partial charge >= 0.3 is 0 Å². The van der Waals surface area contributed by atoms with Crippen LogP contribution in [0, 0.1) is 0 Å². The molecule has 0 aromatic carbocycles. The first-order valence-electron chi connectivity index (χ1n) is 4.72. The van der Waals surface area contributed by atoms with Crippen molar-refractivity contribution in [3.63, 3.8) is 0 Å². The second-order valence-corrected chi connectivity index (χ2v) is 3.26. The summed E-state index contributed by atoms with van der Waals surface area (Å²) in [7, 11) is 0. The van der Waals surface area contributed by atoms with Crippen molar-refractivity contribution >= 4 is 0 Å². The van der Waals surface area contributed by atoms with E-state index in [0.717, 1.165) is 39.3 Å². The number of nitrogens with zero attached hydrogens (tertiary/aromatic N) is 4. The van der Waals surface area contributed by atoms with Crippen LogP contribution in [0.2, 0.25) is 0 Å². The number of hydrogen-bond donors (Lipinski definition) is 1. The van der Waals surface area contributed by atoms with Crippen molar-refractivity contribution in [2.24, 2.45) is 0 Å². The maximum atomic E-state index is 3.93. The molecule has 0 radical (unpaired) electrons. The monoisotopic (exact) mass is 181 g/mol. The number of rotatable bonds is 3. The van der Waals surface area contributed by atoms with E-state index in [0.29, 0.717) is 0 Å². The lowest BCUT2D eigenvalue weighted by molar-refractivity contribution is 0.228.